The number of fused-ring (bicyclic) bond motifs is 5. The topological polar surface area (TPSA) is 55.8 Å². The van der Waals surface area contributed by atoms with Gasteiger partial charge in [-0.2, -0.15) is 0 Å². The van der Waals surface area contributed by atoms with Crippen LogP contribution in [0.3, 0.4) is 0 Å². The number of rotatable bonds is 3. The Morgan fingerprint density at radius 1 is 1.00 bits per heavy atom. The summed E-state index contributed by atoms with van der Waals surface area (Å²) in [5.41, 5.74) is 0.534. The number of benzene rings is 1. The maximum absolute atomic E-state index is 12.8. The van der Waals surface area contributed by atoms with E-state index in [0.717, 1.165) is 19.3 Å². The molecule has 2 amide bonds. The number of hydrogen-bond donors (Lipinski definition) is 0. The fourth-order valence-electron chi connectivity index (χ4n) is 4.62. The standard InChI is InChI=1S/C17H19NO4/c1-21-11-5-6-12(13(8-11)22-2)18-16(19)14-9-3-4-10(7-9)15(14)17(18)20/h5-6,8-10,14-15H,3-4,7H2,1-2H3. The second-order valence-corrected chi connectivity index (χ2v) is 6.43. The zero-order valence-corrected chi connectivity index (χ0v) is 12.7. The van der Waals surface area contributed by atoms with Gasteiger partial charge < -0.3 is 9.47 Å². The summed E-state index contributed by atoms with van der Waals surface area (Å²) in [6.07, 6.45) is 3.21. The van der Waals surface area contributed by atoms with Crippen LogP contribution in [-0.4, -0.2) is 26.0 Å². The molecule has 4 atom stereocenters. The Labute approximate surface area is 129 Å². The molecule has 0 aromatic heterocycles. The van der Waals surface area contributed by atoms with Crippen LogP contribution in [0.15, 0.2) is 18.2 Å². The van der Waals surface area contributed by atoms with Crippen molar-refractivity contribution in [2.45, 2.75) is 19.3 Å². The molecular formula is C17H19NO4. The van der Waals surface area contributed by atoms with Gasteiger partial charge in [-0.1, -0.05) is 0 Å². The minimum absolute atomic E-state index is 0.0503. The van der Waals surface area contributed by atoms with Crippen molar-refractivity contribution >= 4 is 17.5 Å². The third-order valence-electron chi connectivity index (χ3n) is 5.56. The van der Waals surface area contributed by atoms with Crippen molar-refractivity contribution in [2.75, 3.05) is 19.1 Å². The lowest BCUT2D eigenvalue weighted by atomic mass is 9.81. The molecule has 0 spiro atoms. The van der Waals surface area contributed by atoms with Crippen LogP contribution in [0.25, 0.3) is 0 Å². The Hall–Kier alpha value is -2.04. The van der Waals surface area contributed by atoms with Crippen molar-refractivity contribution in [3.63, 3.8) is 0 Å². The van der Waals surface area contributed by atoms with Gasteiger partial charge in [-0.3, -0.25) is 9.59 Å². The van der Waals surface area contributed by atoms with Crippen LogP contribution in [-0.2, 0) is 9.59 Å². The van der Waals surface area contributed by atoms with Crippen LogP contribution >= 0.6 is 0 Å². The van der Waals surface area contributed by atoms with Gasteiger partial charge in [0.25, 0.3) is 0 Å². The second kappa shape index (κ2) is 4.73. The van der Waals surface area contributed by atoms with Crippen LogP contribution in [0.4, 0.5) is 5.69 Å². The van der Waals surface area contributed by atoms with E-state index in [1.807, 2.05) is 0 Å². The van der Waals surface area contributed by atoms with Gasteiger partial charge in [-0.15, -0.1) is 0 Å². The molecule has 1 aromatic rings. The van der Waals surface area contributed by atoms with Gasteiger partial charge in [0.2, 0.25) is 11.8 Å². The number of ether oxygens (including phenoxy) is 2. The summed E-state index contributed by atoms with van der Waals surface area (Å²) >= 11 is 0. The van der Waals surface area contributed by atoms with Gasteiger partial charge in [-0.05, 0) is 43.2 Å². The highest BCUT2D eigenvalue weighted by atomic mass is 16.5. The molecule has 0 N–H and O–H groups in total. The first-order valence-corrected chi connectivity index (χ1v) is 7.75. The molecule has 2 aliphatic carbocycles. The quantitative estimate of drug-likeness (QED) is 0.803. The molecule has 1 aliphatic heterocycles. The minimum atomic E-state index is -0.113. The van der Waals surface area contributed by atoms with Crippen molar-refractivity contribution in [3.8, 4) is 11.5 Å². The number of hydrogen-bond acceptors (Lipinski definition) is 4. The zero-order chi connectivity index (χ0) is 15.4. The van der Waals surface area contributed by atoms with Crippen LogP contribution in [0.2, 0.25) is 0 Å². The fraction of sp³-hybridized carbons (Fsp3) is 0.529. The molecule has 0 radical (unpaired) electrons. The molecule has 2 saturated carbocycles. The number of methoxy groups -OCH3 is 2. The third kappa shape index (κ3) is 1.65. The lowest BCUT2D eigenvalue weighted by Gasteiger charge is -2.20. The molecule has 22 heavy (non-hydrogen) atoms. The van der Waals surface area contributed by atoms with E-state index in [4.69, 9.17) is 9.47 Å². The van der Waals surface area contributed by atoms with Crippen molar-refractivity contribution in [1.29, 1.82) is 0 Å². The van der Waals surface area contributed by atoms with Crippen LogP contribution in [0, 0.1) is 23.7 Å². The highest BCUT2D eigenvalue weighted by molar-refractivity contribution is 6.23. The smallest absolute Gasteiger partial charge is 0.238 e. The molecule has 116 valence electrons. The molecule has 5 heteroatoms. The summed E-state index contributed by atoms with van der Waals surface area (Å²) in [5.74, 6) is 1.59. The number of nitrogens with zero attached hydrogens (tertiary/aromatic N) is 1. The van der Waals surface area contributed by atoms with E-state index in [2.05, 4.69) is 0 Å². The van der Waals surface area contributed by atoms with Gasteiger partial charge in [0.1, 0.15) is 11.5 Å². The van der Waals surface area contributed by atoms with E-state index < -0.39 is 0 Å². The van der Waals surface area contributed by atoms with Gasteiger partial charge in [-0.25, -0.2) is 4.90 Å². The highest BCUT2D eigenvalue weighted by Crippen LogP contribution is 2.57. The van der Waals surface area contributed by atoms with E-state index in [-0.39, 0.29) is 23.7 Å². The first-order chi connectivity index (χ1) is 10.7. The zero-order valence-electron chi connectivity index (χ0n) is 12.7. The number of carbonyl (C=O) groups excluding carboxylic acids is 2. The Bertz CT molecular complexity index is 628. The first kappa shape index (κ1) is 13.6. The second-order valence-electron chi connectivity index (χ2n) is 6.43. The molecule has 1 aromatic carbocycles. The molecule has 4 rings (SSSR count). The van der Waals surface area contributed by atoms with Crippen molar-refractivity contribution in [1.82, 2.24) is 0 Å². The van der Waals surface area contributed by atoms with Crippen molar-refractivity contribution < 1.29 is 19.1 Å². The number of anilines is 1. The van der Waals surface area contributed by atoms with E-state index >= 15 is 0 Å². The summed E-state index contributed by atoms with van der Waals surface area (Å²) in [6, 6.07) is 5.19. The van der Waals surface area contributed by atoms with E-state index in [1.165, 1.54) is 12.0 Å². The first-order valence-electron chi connectivity index (χ1n) is 7.75. The maximum Gasteiger partial charge on any atom is 0.238 e. The van der Waals surface area contributed by atoms with Gasteiger partial charge in [0, 0.05) is 6.07 Å². The van der Waals surface area contributed by atoms with E-state index in [0.29, 0.717) is 29.0 Å². The van der Waals surface area contributed by atoms with E-state index in [9.17, 15) is 9.59 Å². The summed E-state index contributed by atoms with van der Waals surface area (Å²) in [7, 11) is 3.11. The molecule has 5 nitrogen and oxygen atoms in total. The van der Waals surface area contributed by atoms with Crippen LogP contribution in [0.5, 0.6) is 11.5 Å². The maximum atomic E-state index is 12.8. The summed E-state index contributed by atoms with van der Waals surface area (Å²) in [5, 5.41) is 0. The lowest BCUT2D eigenvalue weighted by Crippen LogP contribution is -2.33. The van der Waals surface area contributed by atoms with Gasteiger partial charge in [0.05, 0.1) is 31.7 Å². The predicted molar refractivity (Wildman–Crippen MR) is 79.9 cm³/mol. The SMILES string of the molecule is COc1ccc(N2C(=O)C3C4CCC(C4)C3C2=O)c(OC)c1. The average Bonchev–Trinajstić information content (AvgIpc) is 3.21. The molecule has 1 heterocycles. The Morgan fingerprint density at radius 3 is 2.18 bits per heavy atom. The molecule has 1 saturated heterocycles. The van der Waals surface area contributed by atoms with Crippen molar-refractivity contribution in [2.24, 2.45) is 23.7 Å². The number of amides is 2. The Kier molecular flexibility index (Phi) is 2.93. The largest absolute Gasteiger partial charge is 0.497 e. The van der Waals surface area contributed by atoms with Crippen LogP contribution < -0.4 is 14.4 Å². The van der Waals surface area contributed by atoms with Crippen LogP contribution in [0.1, 0.15) is 19.3 Å². The number of carbonyl (C=O) groups is 2. The Morgan fingerprint density at radius 2 is 1.64 bits per heavy atom. The monoisotopic (exact) mass is 301 g/mol. The van der Waals surface area contributed by atoms with Gasteiger partial charge >= 0.3 is 0 Å². The number of imide groups is 1. The van der Waals surface area contributed by atoms with Gasteiger partial charge in [0.15, 0.2) is 0 Å². The normalized spacial score (nSPS) is 32.5. The molecule has 3 fully saturated rings. The summed E-state index contributed by atoms with van der Waals surface area (Å²) < 4.78 is 10.5. The molecule has 2 bridgehead atoms. The highest BCUT2D eigenvalue weighted by Gasteiger charge is 2.61. The summed E-state index contributed by atoms with van der Waals surface area (Å²) in [6.45, 7) is 0. The third-order valence-corrected chi connectivity index (χ3v) is 5.56. The summed E-state index contributed by atoms with van der Waals surface area (Å²) in [4.78, 5) is 27.0. The average molecular weight is 301 g/mol. The minimum Gasteiger partial charge on any atom is -0.497 e. The molecule has 4 unspecified atom stereocenters. The molecule has 3 aliphatic rings. The Balaban J connectivity index is 1.75. The predicted octanol–water partition coefficient (Wildman–Crippen LogP) is 2.24. The lowest BCUT2D eigenvalue weighted by molar-refractivity contribution is -0.123. The fourth-order valence-corrected chi connectivity index (χ4v) is 4.62. The molecular weight excluding hydrogens is 282 g/mol. The van der Waals surface area contributed by atoms with Crippen molar-refractivity contribution in [3.05, 3.63) is 18.2 Å². The van der Waals surface area contributed by atoms with E-state index in [1.54, 1.807) is 25.3 Å².